The minimum absolute atomic E-state index is 0. The van der Waals surface area contributed by atoms with E-state index >= 15 is 0 Å². The van der Waals surface area contributed by atoms with E-state index in [0.29, 0.717) is 12.2 Å². The van der Waals surface area contributed by atoms with Gasteiger partial charge in [-0.1, -0.05) is 13.3 Å². The molecule has 0 radical (unpaired) electrons. The minimum Gasteiger partial charge on any atom is -0.495 e. The van der Waals surface area contributed by atoms with Crippen molar-refractivity contribution in [2.45, 2.75) is 30.7 Å². The van der Waals surface area contributed by atoms with Gasteiger partial charge >= 0.3 is 0 Å². The first-order chi connectivity index (χ1) is 9.29. The fourth-order valence-corrected chi connectivity index (χ4v) is 2.17. The van der Waals surface area contributed by atoms with E-state index < -0.39 is 22.0 Å². The lowest BCUT2D eigenvalue weighted by Crippen LogP contribution is -2.35. The third-order valence-corrected chi connectivity index (χ3v) is 3.60. The fourth-order valence-electron chi connectivity index (χ4n) is 1.63. The molecule has 1 aromatic rings. The van der Waals surface area contributed by atoms with Gasteiger partial charge in [-0.05, 0) is 24.6 Å². The average molecular weight is 338 g/mol. The first-order valence-corrected chi connectivity index (χ1v) is 7.61. The zero-order valence-electron chi connectivity index (χ0n) is 11.8. The second-order valence-corrected chi connectivity index (χ2v) is 5.85. The summed E-state index contributed by atoms with van der Waals surface area (Å²) in [5.41, 5.74) is 5.91. The highest BCUT2D eigenvalue weighted by atomic mass is 35.5. The van der Waals surface area contributed by atoms with Crippen molar-refractivity contribution in [2.24, 2.45) is 10.9 Å². The van der Waals surface area contributed by atoms with Crippen molar-refractivity contribution in [3.05, 3.63) is 18.2 Å². The Morgan fingerprint density at radius 1 is 1.43 bits per heavy atom. The van der Waals surface area contributed by atoms with Gasteiger partial charge in [-0.3, -0.25) is 4.79 Å². The molecule has 0 heterocycles. The van der Waals surface area contributed by atoms with E-state index in [1.165, 1.54) is 25.3 Å². The molecule has 21 heavy (non-hydrogen) atoms. The van der Waals surface area contributed by atoms with E-state index in [0.717, 1.165) is 6.42 Å². The van der Waals surface area contributed by atoms with Gasteiger partial charge in [-0.2, -0.15) is 0 Å². The molecule has 0 aliphatic carbocycles. The van der Waals surface area contributed by atoms with Gasteiger partial charge in [0.2, 0.25) is 15.9 Å². The van der Waals surface area contributed by atoms with Crippen molar-refractivity contribution >= 4 is 34.0 Å². The van der Waals surface area contributed by atoms with Gasteiger partial charge in [0.05, 0.1) is 23.7 Å². The first-order valence-electron chi connectivity index (χ1n) is 6.07. The summed E-state index contributed by atoms with van der Waals surface area (Å²) in [4.78, 5) is 11.7. The number of amides is 1. The molecule has 1 atom stereocenters. The Morgan fingerprint density at radius 2 is 2.05 bits per heavy atom. The zero-order valence-corrected chi connectivity index (χ0v) is 13.5. The number of methoxy groups -OCH3 is 1. The number of rotatable bonds is 6. The number of hydrogen-bond acceptors (Lipinski definition) is 5. The number of carbonyl (C=O) groups excluding carboxylic acids is 1. The molecular weight excluding hydrogens is 318 g/mol. The molecule has 0 aliphatic rings. The highest BCUT2D eigenvalue weighted by molar-refractivity contribution is 7.89. The lowest BCUT2D eigenvalue weighted by Gasteiger charge is -2.14. The Labute approximate surface area is 130 Å². The number of sulfonamides is 1. The molecule has 1 unspecified atom stereocenters. The second-order valence-electron chi connectivity index (χ2n) is 4.29. The third kappa shape index (κ3) is 5.50. The van der Waals surface area contributed by atoms with Crippen LogP contribution in [-0.2, 0) is 14.8 Å². The molecule has 1 aromatic carbocycles. The molecule has 5 N–H and O–H groups in total. The Kier molecular flexibility index (Phi) is 7.65. The van der Waals surface area contributed by atoms with Crippen LogP contribution in [0.4, 0.5) is 5.69 Å². The number of ether oxygens (including phenoxy) is 1. The molecule has 0 aromatic heterocycles. The van der Waals surface area contributed by atoms with Gasteiger partial charge in [0.1, 0.15) is 5.75 Å². The van der Waals surface area contributed by atoms with E-state index in [4.69, 9.17) is 15.6 Å². The van der Waals surface area contributed by atoms with Gasteiger partial charge < -0.3 is 15.8 Å². The quantitative estimate of drug-likeness (QED) is 0.709. The van der Waals surface area contributed by atoms with Crippen LogP contribution < -0.4 is 20.9 Å². The Hall–Kier alpha value is -1.35. The molecule has 0 bridgehead atoms. The number of halogens is 1. The number of hydrogen-bond donors (Lipinski definition) is 3. The van der Waals surface area contributed by atoms with Crippen molar-refractivity contribution in [2.75, 3.05) is 12.4 Å². The largest absolute Gasteiger partial charge is 0.495 e. The number of benzene rings is 1. The van der Waals surface area contributed by atoms with Gasteiger partial charge in [0.25, 0.3) is 0 Å². The van der Waals surface area contributed by atoms with Crippen LogP contribution in [0.25, 0.3) is 0 Å². The van der Waals surface area contributed by atoms with Crippen LogP contribution in [0.1, 0.15) is 19.8 Å². The van der Waals surface area contributed by atoms with Gasteiger partial charge in [-0.25, -0.2) is 13.6 Å². The Balaban J connectivity index is 0.00000400. The lowest BCUT2D eigenvalue weighted by molar-refractivity contribution is -0.117. The van der Waals surface area contributed by atoms with Crippen molar-refractivity contribution < 1.29 is 17.9 Å². The van der Waals surface area contributed by atoms with Crippen molar-refractivity contribution in [1.82, 2.24) is 0 Å². The van der Waals surface area contributed by atoms with E-state index in [1.54, 1.807) is 0 Å². The van der Waals surface area contributed by atoms with Crippen molar-refractivity contribution in [3.8, 4) is 5.75 Å². The number of nitrogens with two attached hydrogens (primary N) is 2. The summed E-state index contributed by atoms with van der Waals surface area (Å²) in [6.45, 7) is 1.91. The summed E-state index contributed by atoms with van der Waals surface area (Å²) >= 11 is 0. The normalized spacial score (nSPS) is 12.2. The maximum Gasteiger partial charge on any atom is 0.241 e. The van der Waals surface area contributed by atoms with Crippen molar-refractivity contribution in [3.63, 3.8) is 0 Å². The highest BCUT2D eigenvalue weighted by Gasteiger charge is 2.17. The fraction of sp³-hybridized carbons (Fsp3) is 0.417. The highest BCUT2D eigenvalue weighted by Crippen LogP contribution is 2.27. The topological polar surface area (TPSA) is 125 Å². The summed E-state index contributed by atoms with van der Waals surface area (Å²) in [5, 5.41) is 7.60. The number of nitrogens with one attached hydrogen (secondary N) is 1. The van der Waals surface area contributed by atoms with E-state index in [-0.39, 0.29) is 23.0 Å². The first kappa shape index (κ1) is 19.7. The third-order valence-electron chi connectivity index (χ3n) is 2.69. The smallest absolute Gasteiger partial charge is 0.241 e. The van der Waals surface area contributed by atoms with Gasteiger partial charge in [0, 0.05) is 0 Å². The molecular formula is C12H20ClN3O4S. The summed E-state index contributed by atoms with van der Waals surface area (Å²) in [6.07, 6.45) is 1.30. The number of primary sulfonamides is 1. The van der Waals surface area contributed by atoms with Crippen LogP contribution in [0, 0.1) is 0 Å². The molecule has 120 valence electrons. The van der Waals surface area contributed by atoms with Crippen LogP contribution >= 0.6 is 12.4 Å². The summed E-state index contributed by atoms with van der Waals surface area (Å²) in [5.74, 6) is -0.0776. The summed E-state index contributed by atoms with van der Waals surface area (Å²) < 4.78 is 27.7. The molecule has 0 aliphatic heterocycles. The zero-order chi connectivity index (χ0) is 15.3. The molecule has 0 saturated carbocycles. The van der Waals surface area contributed by atoms with Crippen LogP contribution in [0.2, 0.25) is 0 Å². The summed E-state index contributed by atoms with van der Waals surface area (Å²) in [6, 6.07) is 3.30. The van der Waals surface area contributed by atoms with Gasteiger partial charge in [0.15, 0.2) is 0 Å². The maximum atomic E-state index is 11.9. The second kappa shape index (κ2) is 8.18. The lowest BCUT2D eigenvalue weighted by atomic mass is 10.1. The predicted molar refractivity (Wildman–Crippen MR) is 83.1 cm³/mol. The number of anilines is 1. The van der Waals surface area contributed by atoms with E-state index in [9.17, 15) is 13.2 Å². The Bertz CT molecular complexity index is 592. The molecule has 0 saturated heterocycles. The van der Waals surface area contributed by atoms with Crippen LogP contribution in [0.5, 0.6) is 5.75 Å². The van der Waals surface area contributed by atoms with E-state index in [1.807, 2.05) is 6.92 Å². The summed E-state index contributed by atoms with van der Waals surface area (Å²) in [7, 11) is -2.44. The van der Waals surface area contributed by atoms with Crippen LogP contribution in [0.15, 0.2) is 23.1 Å². The molecule has 0 fully saturated rings. The molecule has 0 spiro atoms. The average Bonchev–Trinajstić information content (AvgIpc) is 2.37. The van der Waals surface area contributed by atoms with E-state index in [2.05, 4.69) is 5.32 Å². The molecule has 1 rings (SSSR count). The van der Waals surface area contributed by atoms with Crippen LogP contribution in [0.3, 0.4) is 0 Å². The maximum absolute atomic E-state index is 11.9. The monoisotopic (exact) mass is 337 g/mol. The SMILES string of the molecule is CCCC(N)C(=O)Nc1cc(S(N)(=O)=O)ccc1OC.Cl. The molecule has 1 amide bonds. The Morgan fingerprint density at radius 3 is 2.52 bits per heavy atom. The molecule has 7 nitrogen and oxygen atoms in total. The predicted octanol–water partition coefficient (Wildman–Crippen LogP) is 0.830. The van der Waals surface area contributed by atoms with Crippen molar-refractivity contribution in [1.29, 1.82) is 0 Å². The number of carbonyl (C=O) groups is 1. The minimum atomic E-state index is -3.85. The van der Waals surface area contributed by atoms with Crippen LogP contribution in [-0.4, -0.2) is 27.5 Å². The molecule has 9 heteroatoms. The standard InChI is InChI=1S/C12H19N3O4S.ClH/c1-3-4-9(13)12(16)15-10-7-8(20(14,17)18)5-6-11(10)19-2;/h5-7,9H,3-4,13H2,1-2H3,(H,15,16)(H2,14,17,18);1H. The van der Waals surface area contributed by atoms with Gasteiger partial charge in [-0.15, -0.1) is 12.4 Å².